The third-order valence-electron chi connectivity index (χ3n) is 3.89. The molecule has 0 amide bonds. The highest BCUT2D eigenvalue weighted by Crippen LogP contribution is 2.26. The van der Waals surface area contributed by atoms with E-state index < -0.39 is 0 Å². The Hall–Kier alpha value is -3.40. The predicted molar refractivity (Wildman–Crippen MR) is 93.6 cm³/mol. The molecule has 0 saturated carbocycles. The zero-order valence-electron chi connectivity index (χ0n) is 12.8. The quantitative estimate of drug-likeness (QED) is 0.533. The van der Waals surface area contributed by atoms with Gasteiger partial charge in [-0.1, -0.05) is 18.2 Å². The lowest BCUT2D eigenvalue weighted by Crippen LogP contribution is -1.90. The van der Waals surface area contributed by atoms with Crippen molar-refractivity contribution in [1.29, 1.82) is 0 Å². The van der Waals surface area contributed by atoms with Crippen molar-refractivity contribution < 1.29 is 4.79 Å². The van der Waals surface area contributed by atoms with Crippen molar-refractivity contribution in [2.75, 3.05) is 0 Å². The highest BCUT2D eigenvalue weighted by molar-refractivity contribution is 5.86. The first-order valence-corrected chi connectivity index (χ1v) is 7.56. The number of fused-ring (bicyclic) bond motifs is 1. The van der Waals surface area contributed by atoms with Gasteiger partial charge >= 0.3 is 0 Å². The number of aldehydes is 1. The molecule has 0 radical (unpaired) electrons. The SMILES string of the molecule is O=Cc1cc2nc(-c3cccc(-c4ccncc4)c3)ccc2cn1. The van der Waals surface area contributed by atoms with Crippen LogP contribution in [0.25, 0.3) is 33.3 Å². The van der Waals surface area contributed by atoms with Crippen LogP contribution in [0.4, 0.5) is 0 Å². The van der Waals surface area contributed by atoms with Gasteiger partial charge in [0.1, 0.15) is 5.69 Å². The van der Waals surface area contributed by atoms with Crippen molar-refractivity contribution >= 4 is 17.2 Å². The number of hydrogen-bond acceptors (Lipinski definition) is 4. The van der Waals surface area contributed by atoms with Crippen molar-refractivity contribution in [2.24, 2.45) is 0 Å². The number of carbonyl (C=O) groups is 1. The van der Waals surface area contributed by atoms with E-state index in [-0.39, 0.29) is 0 Å². The maximum absolute atomic E-state index is 10.9. The molecule has 4 rings (SSSR count). The number of hydrogen-bond donors (Lipinski definition) is 0. The van der Waals surface area contributed by atoms with E-state index in [1.54, 1.807) is 24.7 Å². The zero-order valence-corrected chi connectivity index (χ0v) is 12.8. The normalized spacial score (nSPS) is 10.7. The first kappa shape index (κ1) is 14.2. The van der Waals surface area contributed by atoms with Crippen LogP contribution < -0.4 is 0 Å². The first-order chi connectivity index (χ1) is 11.8. The Balaban J connectivity index is 1.81. The van der Waals surface area contributed by atoms with Gasteiger partial charge in [0, 0.05) is 29.5 Å². The molecule has 3 aromatic heterocycles. The maximum atomic E-state index is 10.9. The van der Waals surface area contributed by atoms with E-state index in [9.17, 15) is 4.79 Å². The molecule has 114 valence electrons. The number of rotatable bonds is 3. The molecule has 0 saturated heterocycles. The van der Waals surface area contributed by atoms with Crippen LogP contribution >= 0.6 is 0 Å². The molecule has 0 aliphatic rings. The monoisotopic (exact) mass is 311 g/mol. The van der Waals surface area contributed by atoms with Crippen LogP contribution in [-0.2, 0) is 0 Å². The second-order valence-corrected chi connectivity index (χ2v) is 5.43. The van der Waals surface area contributed by atoms with Gasteiger partial charge in [0.05, 0.1) is 11.2 Å². The fraction of sp³-hybridized carbons (Fsp3) is 0. The summed E-state index contributed by atoms with van der Waals surface area (Å²) in [6.07, 6.45) is 5.97. The van der Waals surface area contributed by atoms with E-state index >= 15 is 0 Å². The topological polar surface area (TPSA) is 55.7 Å². The Morgan fingerprint density at radius 1 is 0.833 bits per heavy atom. The summed E-state index contributed by atoms with van der Waals surface area (Å²) in [7, 11) is 0. The van der Waals surface area contributed by atoms with Crippen LogP contribution in [0.1, 0.15) is 10.5 Å². The molecule has 24 heavy (non-hydrogen) atoms. The maximum Gasteiger partial charge on any atom is 0.168 e. The van der Waals surface area contributed by atoms with E-state index in [0.717, 1.165) is 39.6 Å². The predicted octanol–water partition coefficient (Wildman–Crippen LogP) is 4.17. The molecule has 4 nitrogen and oxygen atoms in total. The number of pyridine rings is 3. The summed E-state index contributed by atoms with van der Waals surface area (Å²) in [5.41, 5.74) is 5.26. The minimum Gasteiger partial charge on any atom is -0.296 e. The van der Waals surface area contributed by atoms with Crippen LogP contribution in [0, 0.1) is 0 Å². The Bertz CT molecular complexity index is 1030. The standard InChI is InChI=1S/C20H13N3O/c24-13-18-11-20-17(12-22-18)4-5-19(23-20)16-3-1-2-15(10-16)14-6-8-21-9-7-14/h1-13H. The number of aromatic nitrogens is 3. The number of nitrogens with zero attached hydrogens (tertiary/aromatic N) is 3. The molecular weight excluding hydrogens is 298 g/mol. The van der Waals surface area contributed by atoms with Crippen LogP contribution in [0.2, 0.25) is 0 Å². The molecular formula is C20H13N3O. The van der Waals surface area contributed by atoms with Crippen molar-refractivity contribution in [1.82, 2.24) is 15.0 Å². The average Bonchev–Trinajstić information content (AvgIpc) is 2.68. The number of carbonyl (C=O) groups excluding carboxylic acids is 1. The van der Waals surface area contributed by atoms with Gasteiger partial charge in [-0.2, -0.15) is 0 Å². The fourth-order valence-corrected chi connectivity index (χ4v) is 2.66. The third kappa shape index (κ3) is 2.65. The van der Waals surface area contributed by atoms with Gasteiger partial charge in [0.25, 0.3) is 0 Å². The lowest BCUT2D eigenvalue weighted by Gasteiger charge is -2.06. The minimum absolute atomic E-state index is 0.387. The highest BCUT2D eigenvalue weighted by atomic mass is 16.1. The van der Waals surface area contributed by atoms with E-state index in [1.165, 1.54) is 0 Å². The van der Waals surface area contributed by atoms with Crippen molar-refractivity contribution in [3.63, 3.8) is 0 Å². The van der Waals surface area contributed by atoms with Crippen molar-refractivity contribution in [2.45, 2.75) is 0 Å². The Morgan fingerprint density at radius 2 is 1.67 bits per heavy atom. The minimum atomic E-state index is 0.387. The van der Waals surface area contributed by atoms with Gasteiger partial charge < -0.3 is 0 Å². The number of benzene rings is 1. The summed E-state index contributed by atoms with van der Waals surface area (Å²) in [5, 5.41) is 0.912. The zero-order chi connectivity index (χ0) is 16.4. The molecule has 0 atom stereocenters. The van der Waals surface area contributed by atoms with Crippen molar-refractivity contribution in [3.05, 3.63) is 78.9 Å². The van der Waals surface area contributed by atoms with Gasteiger partial charge in [-0.05, 0) is 47.5 Å². The van der Waals surface area contributed by atoms with Gasteiger partial charge in [-0.3, -0.25) is 14.8 Å². The van der Waals surface area contributed by atoms with E-state index in [0.29, 0.717) is 5.69 Å². The Morgan fingerprint density at radius 3 is 2.50 bits per heavy atom. The van der Waals surface area contributed by atoms with Gasteiger partial charge in [-0.15, -0.1) is 0 Å². The molecule has 0 unspecified atom stereocenters. The molecule has 0 fully saturated rings. The van der Waals surface area contributed by atoms with Crippen LogP contribution in [-0.4, -0.2) is 21.2 Å². The molecule has 0 N–H and O–H groups in total. The summed E-state index contributed by atoms with van der Waals surface area (Å²) in [6.45, 7) is 0. The van der Waals surface area contributed by atoms with Crippen molar-refractivity contribution in [3.8, 4) is 22.4 Å². The molecule has 1 aromatic carbocycles. The largest absolute Gasteiger partial charge is 0.296 e. The molecule has 0 aliphatic carbocycles. The first-order valence-electron chi connectivity index (χ1n) is 7.56. The van der Waals surface area contributed by atoms with Gasteiger partial charge in [-0.25, -0.2) is 4.98 Å². The molecule has 4 aromatic rings. The third-order valence-corrected chi connectivity index (χ3v) is 3.89. The second kappa shape index (κ2) is 6.01. The summed E-state index contributed by atoms with van der Waals surface area (Å²) in [4.78, 5) is 23.7. The van der Waals surface area contributed by atoms with Gasteiger partial charge in [0.2, 0.25) is 0 Å². The molecule has 4 heteroatoms. The molecule has 0 spiro atoms. The molecule has 3 heterocycles. The fourth-order valence-electron chi connectivity index (χ4n) is 2.66. The molecule has 0 bridgehead atoms. The Labute approximate surface area is 138 Å². The summed E-state index contributed by atoms with van der Waals surface area (Å²) >= 11 is 0. The lowest BCUT2D eigenvalue weighted by atomic mass is 10.0. The van der Waals surface area contributed by atoms with E-state index in [1.807, 2.05) is 36.4 Å². The van der Waals surface area contributed by atoms with Crippen LogP contribution in [0.15, 0.2) is 73.2 Å². The summed E-state index contributed by atoms with van der Waals surface area (Å²) in [5.74, 6) is 0. The highest BCUT2D eigenvalue weighted by Gasteiger charge is 2.05. The average molecular weight is 311 g/mol. The lowest BCUT2D eigenvalue weighted by molar-refractivity contribution is 0.111. The second-order valence-electron chi connectivity index (χ2n) is 5.43. The van der Waals surface area contributed by atoms with E-state index in [2.05, 4.69) is 27.1 Å². The van der Waals surface area contributed by atoms with E-state index in [4.69, 9.17) is 0 Å². The van der Waals surface area contributed by atoms with Crippen LogP contribution in [0.5, 0.6) is 0 Å². The summed E-state index contributed by atoms with van der Waals surface area (Å²) < 4.78 is 0. The smallest absolute Gasteiger partial charge is 0.168 e. The summed E-state index contributed by atoms with van der Waals surface area (Å²) in [6, 6.07) is 17.8. The van der Waals surface area contributed by atoms with Crippen LogP contribution in [0.3, 0.4) is 0 Å². The molecule has 0 aliphatic heterocycles. The van der Waals surface area contributed by atoms with Gasteiger partial charge in [0.15, 0.2) is 6.29 Å². The Kier molecular flexibility index (Phi) is 3.56.